The number of amides is 1. The molecule has 0 fully saturated rings. The zero-order chi connectivity index (χ0) is 20.6. The molecule has 0 bridgehead atoms. The average Bonchev–Trinajstić information content (AvgIpc) is 3.14. The van der Waals surface area contributed by atoms with Crippen LogP contribution >= 0.6 is 0 Å². The summed E-state index contributed by atoms with van der Waals surface area (Å²) in [6.45, 7) is 2.13. The van der Waals surface area contributed by atoms with Crippen molar-refractivity contribution in [1.29, 1.82) is 0 Å². The molecule has 1 aromatic heterocycles. The lowest BCUT2D eigenvalue weighted by atomic mass is 10.0. The van der Waals surface area contributed by atoms with Crippen molar-refractivity contribution in [2.45, 2.75) is 51.2 Å². The third kappa shape index (κ3) is 6.52. The van der Waals surface area contributed by atoms with Crippen LogP contribution in [0.1, 0.15) is 55.9 Å². The van der Waals surface area contributed by atoms with Gasteiger partial charge in [-0.05, 0) is 24.6 Å². The number of halogens is 3. The van der Waals surface area contributed by atoms with E-state index in [1.54, 1.807) is 0 Å². The van der Waals surface area contributed by atoms with Crippen molar-refractivity contribution in [3.8, 4) is 0 Å². The topological polar surface area (TPSA) is 91.5 Å². The lowest BCUT2D eigenvalue weighted by molar-refractivity contribution is -0.151. The molecule has 1 aromatic carbocycles. The number of alkyl halides is 3. The summed E-state index contributed by atoms with van der Waals surface area (Å²) in [6, 6.07) is 4.81. The number of hydroxylamine groups is 2. The van der Waals surface area contributed by atoms with Gasteiger partial charge in [-0.25, -0.2) is 5.06 Å². The second kappa shape index (κ2) is 10.1. The molecule has 28 heavy (non-hydrogen) atoms. The summed E-state index contributed by atoms with van der Waals surface area (Å²) in [5.41, 5.74) is -0.479. The second-order valence-electron chi connectivity index (χ2n) is 6.39. The molecule has 0 saturated heterocycles. The van der Waals surface area contributed by atoms with Crippen LogP contribution in [0.4, 0.5) is 18.9 Å². The molecule has 10 heteroatoms. The predicted molar refractivity (Wildman–Crippen MR) is 94.5 cm³/mol. The first kappa shape index (κ1) is 21.7. The average molecular weight is 400 g/mol. The standard InChI is InChI=1S/C18H23F3N4O3/c1-2-3-4-6-13(11-25(27)12-26)17-24-23-16(28-17)10-22-15-8-5-7-14(9-15)18(19,20)21/h5,7-9,12-13,22,27H,2-4,6,10-11H2,1H3/t13-/m0/s1. The summed E-state index contributed by atoms with van der Waals surface area (Å²) >= 11 is 0. The highest BCUT2D eigenvalue weighted by molar-refractivity contribution is 5.46. The van der Waals surface area contributed by atoms with Crippen LogP contribution in [0.3, 0.4) is 0 Å². The van der Waals surface area contributed by atoms with Crippen LogP contribution < -0.4 is 5.32 Å². The van der Waals surface area contributed by atoms with Crippen molar-refractivity contribution in [1.82, 2.24) is 15.3 Å². The van der Waals surface area contributed by atoms with E-state index in [9.17, 15) is 23.2 Å². The summed E-state index contributed by atoms with van der Waals surface area (Å²) in [7, 11) is 0. The molecule has 0 saturated carbocycles. The number of nitrogens with zero attached hydrogens (tertiary/aromatic N) is 3. The van der Waals surface area contributed by atoms with Gasteiger partial charge < -0.3 is 9.73 Å². The Balaban J connectivity index is 2.01. The number of nitrogens with one attached hydrogen (secondary N) is 1. The highest BCUT2D eigenvalue weighted by atomic mass is 19.4. The molecule has 1 amide bonds. The van der Waals surface area contributed by atoms with Gasteiger partial charge in [-0.3, -0.25) is 10.0 Å². The third-order valence-electron chi connectivity index (χ3n) is 4.15. The minimum atomic E-state index is -4.42. The fourth-order valence-corrected chi connectivity index (χ4v) is 2.69. The van der Waals surface area contributed by atoms with Crippen molar-refractivity contribution in [3.63, 3.8) is 0 Å². The number of carbonyl (C=O) groups excluding carboxylic acids is 1. The van der Waals surface area contributed by atoms with Crippen molar-refractivity contribution < 1.29 is 27.6 Å². The molecule has 1 atom stereocenters. The Labute approximate surface area is 160 Å². The van der Waals surface area contributed by atoms with Crippen LogP contribution in [0.5, 0.6) is 0 Å². The van der Waals surface area contributed by atoms with E-state index in [1.807, 2.05) is 0 Å². The van der Waals surface area contributed by atoms with Crippen LogP contribution in [0.25, 0.3) is 0 Å². The number of rotatable bonds is 11. The van der Waals surface area contributed by atoms with Crippen LogP contribution in [0.2, 0.25) is 0 Å². The van der Waals surface area contributed by atoms with E-state index in [-0.39, 0.29) is 36.5 Å². The summed E-state index contributed by atoms with van der Waals surface area (Å²) in [4.78, 5) is 10.7. The molecule has 7 nitrogen and oxygen atoms in total. The number of hydrogen-bond acceptors (Lipinski definition) is 6. The number of aromatic nitrogens is 2. The molecule has 0 aliphatic carbocycles. The maximum atomic E-state index is 12.8. The SMILES string of the molecule is CCCCC[C@@H](CN(O)C=O)c1nnc(CNc2cccc(C(F)(F)F)c2)o1. The predicted octanol–water partition coefficient (Wildman–Crippen LogP) is 4.21. The van der Waals surface area contributed by atoms with Gasteiger partial charge in [0.15, 0.2) is 0 Å². The van der Waals surface area contributed by atoms with Crippen LogP contribution in [0.15, 0.2) is 28.7 Å². The van der Waals surface area contributed by atoms with Gasteiger partial charge in [-0.1, -0.05) is 32.3 Å². The minimum absolute atomic E-state index is 0.0237. The zero-order valence-electron chi connectivity index (χ0n) is 15.4. The van der Waals surface area contributed by atoms with E-state index < -0.39 is 11.7 Å². The van der Waals surface area contributed by atoms with Crippen molar-refractivity contribution in [2.24, 2.45) is 0 Å². The molecular weight excluding hydrogens is 377 g/mol. The summed E-state index contributed by atoms with van der Waals surface area (Å²) in [5, 5.41) is 20.7. The molecule has 0 aliphatic heterocycles. The van der Waals surface area contributed by atoms with Gasteiger partial charge in [-0.2, -0.15) is 13.2 Å². The van der Waals surface area contributed by atoms with Crippen molar-refractivity contribution in [3.05, 3.63) is 41.6 Å². The van der Waals surface area contributed by atoms with Gasteiger partial charge in [0.25, 0.3) is 0 Å². The Bertz CT molecular complexity index is 752. The molecule has 1 heterocycles. The monoisotopic (exact) mass is 400 g/mol. The normalized spacial score (nSPS) is 12.6. The summed E-state index contributed by atoms with van der Waals surface area (Å²) < 4.78 is 43.9. The third-order valence-corrected chi connectivity index (χ3v) is 4.15. The van der Waals surface area contributed by atoms with Gasteiger partial charge in [0.2, 0.25) is 18.2 Å². The van der Waals surface area contributed by atoms with Crippen LogP contribution in [0, 0.1) is 0 Å². The first-order valence-electron chi connectivity index (χ1n) is 8.97. The van der Waals surface area contributed by atoms with Gasteiger partial charge in [0.05, 0.1) is 24.6 Å². The Morgan fingerprint density at radius 3 is 2.79 bits per heavy atom. The smallest absolute Gasteiger partial charge is 0.416 e. The van der Waals surface area contributed by atoms with Gasteiger partial charge in [0, 0.05) is 5.69 Å². The zero-order valence-corrected chi connectivity index (χ0v) is 15.4. The lowest BCUT2D eigenvalue weighted by Gasteiger charge is -2.16. The largest absolute Gasteiger partial charge is 0.423 e. The van der Waals surface area contributed by atoms with Crippen LogP contribution in [-0.4, -0.2) is 33.4 Å². The van der Waals surface area contributed by atoms with E-state index in [0.717, 1.165) is 31.4 Å². The van der Waals surface area contributed by atoms with Gasteiger partial charge >= 0.3 is 6.18 Å². The Morgan fingerprint density at radius 2 is 2.11 bits per heavy atom. The number of benzene rings is 1. The van der Waals surface area contributed by atoms with E-state index in [4.69, 9.17) is 4.42 Å². The molecule has 0 aliphatic rings. The number of anilines is 1. The maximum Gasteiger partial charge on any atom is 0.416 e. The molecule has 2 rings (SSSR count). The van der Waals surface area contributed by atoms with Crippen LogP contribution in [-0.2, 0) is 17.5 Å². The highest BCUT2D eigenvalue weighted by Gasteiger charge is 2.30. The Kier molecular flexibility index (Phi) is 7.80. The highest BCUT2D eigenvalue weighted by Crippen LogP contribution is 2.30. The molecule has 154 valence electrons. The molecule has 0 spiro atoms. The van der Waals surface area contributed by atoms with Gasteiger partial charge in [-0.15, -0.1) is 10.2 Å². The quantitative estimate of drug-likeness (QED) is 0.254. The molecule has 2 N–H and O–H groups in total. The maximum absolute atomic E-state index is 12.8. The van der Waals surface area contributed by atoms with E-state index in [1.165, 1.54) is 12.1 Å². The minimum Gasteiger partial charge on any atom is -0.423 e. The fraction of sp³-hybridized carbons (Fsp3) is 0.500. The second-order valence-corrected chi connectivity index (χ2v) is 6.39. The summed E-state index contributed by atoms with van der Waals surface area (Å²) in [6.07, 6.45) is -0.592. The molecule has 2 aromatic rings. The van der Waals surface area contributed by atoms with E-state index in [0.29, 0.717) is 17.9 Å². The molecule has 0 radical (unpaired) electrons. The molecule has 0 unspecified atom stereocenters. The van der Waals surface area contributed by atoms with Crippen molar-refractivity contribution in [2.75, 3.05) is 11.9 Å². The molecular formula is C18H23F3N4O3. The first-order valence-corrected chi connectivity index (χ1v) is 8.97. The van der Waals surface area contributed by atoms with E-state index in [2.05, 4.69) is 22.4 Å². The Hall–Kier alpha value is -2.62. The lowest BCUT2D eigenvalue weighted by Crippen LogP contribution is -2.24. The number of carbonyl (C=O) groups is 1. The Morgan fingerprint density at radius 1 is 1.32 bits per heavy atom. The first-order chi connectivity index (χ1) is 13.3. The fourth-order valence-electron chi connectivity index (χ4n) is 2.69. The van der Waals surface area contributed by atoms with Gasteiger partial charge in [0.1, 0.15) is 0 Å². The van der Waals surface area contributed by atoms with Crippen molar-refractivity contribution >= 4 is 12.1 Å². The number of hydrogen-bond donors (Lipinski definition) is 2. The summed E-state index contributed by atoms with van der Waals surface area (Å²) in [5.74, 6) is 0.151. The van der Waals surface area contributed by atoms with E-state index >= 15 is 0 Å². The number of unbranched alkanes of at least 4 members (excludes halogenated alkanes) is 2.